The maximum Gasteiger partial charge on any atom is 0.340 e. The molecule has 26 heavy (non-hydrogen) atoms. The molecule has 0 bridgehead atoms. The number of anilines is 1. The van der Waals surface area contributed by atoms with E-state index in [1.54, 1.807) is 48.5 Å². The van der Waals surface area contributed by atoms with Gasteiger partial charge in [-0.15, -0.1) is 0 Å². The summed E-state index contributed by atoms with van der Waals surface area (Å²) in [5.41, 5.74) is 1.19. The van der Waals surface area contributed by atoms with E-state index in [0.717, 1.165) is 0 Å². The molecular formula is C19H20N2O5. The average Bonchev–Trinajstić information content (AvgIpc) is 2.66. The maximum absolute atomic E-state index is 11.9. The van der Waals surface area contributed by atoms with E-state index in [1.165, 1.54) is 6.07 Å². The Morgan fingerprint density at radius 2 is 1.81 bits per heavy atom. The van der Waals surface area contributed by atoms with Crippen LogP contribution in [0.3, 0.4) is 0 Å². The van der Waals surface area contributed by atoms with Crippen molar-refractivity contribution in [2.75, 3.05) is 18.5 Å². The van der Waals surface area contributed by atoms with E-state index in [4.69, 9.17) is 4.74 Å². The minimum absolute atomic E-state index is 0.249. The second-order valence-electron chi connectivity index (χ2n) is 5.41. The highest BCUT2D eigenvalue weighted by molar-refractivity contribution is 5.97. The molecule has 0 saturated heterocycles. The molecule has 2 aromatic carbocycles. The van der Waals surface area contributed by atoms with Gasteiger partial charge < -0.3 is 20.5 Å². The van der Waals surface area contributed by atoms with Crippen molar-refractivity contribution < 1.29 is 24.2 Å². The number of hydrogen-bond acceptors (Lipinski definition) is 5. The topological polar surface area (TPSA) is 105 Å². The van der Waals surface area contributed by atoms with E-state index in [9.17, 15) is 19.5 Å². The summed E-state index contributed by atoms with van der Waals surface area (Å²) < 4.78 is 4.83. The summed E-state index contributed by atoms with van der Waals surface area (Å²) in [5, 5.41) is 15.1. The fraction of sp³-hybridized carbons (Fsp3) is 0.211. The van der Waals surface area contributed by atoms with Crippen LogP contribution in [-0.4, -0.2) is 36.0 Å². The van der Waals surface area contributed by atoms with Gasteiger partial charge >= 0.3 is 5.97 Å². The van der Waals surface area contributed by atoms with E-state index in [2.05, 4.69) is 10.6 Å². The molecule has 0 spiro atoms. The normalized spacial score (nSPS) is 11.3. The molecule has 2 amide bonds. The van der Waals surface area contributed by atoms with Crippen LogP contribution in [0.15, 0.2) is 54.6 Å². The minimum atomic E-state index is -1.45. The second kappa shape index (κ2) is 9.33. The summed E-state index contributed by atoms with van der Waals surface area (Å²) in [6, 6.07) is 14.7. The zero-order chi connectivity index (χ0) is 18.9. The third kappa shape index (κ3) is 5.42. The van der Waals surface area contributed by atoms with E-state index >= 15 is 0 Å². The van der Waals surface area contributed by atoms with Crippen LogP contribution in [0.5, 0.6) is 0 Å². The number of amides is 2. The van der Waals surface area contributed by atoms with Gasteiger partial charge in [-0.25, -0.2) is 4.79 Å². The second-order valence-corrected chi connectivity index (χ2v) is 5.41. The molecule has 0 aliphatic rings. The molecule has 0 fully saturated rings. The van der Waals surface area contributed by atoms with Crippen molar-refractivity contribution in [3.63, 3.8) is 0 Å². The molecule has 0 heterocycles. The van der Waals surface area contributed by atoms with Crippen LogP contribution < -0.4 is 10.6 Å². The number of nitrogens with one attached hydrogen (secondary N) is 2. The lowest BCUT2D eigenvalue weighted by Gasteiger charge is -2.11. The highest BCUT2D eigenvalue weighted by Gasteiger charge is 2.19. The largest absolute Gasteiger partial charge is 0.453 e. The number of carbonyl (C=O) groups excluding carboxylic acids is 3. The molecule has 0 aliphatic carbocycles. The Labute approximate surface area is 151 Å². The van der Waals surface area contributed by atoms with Crippen molar-refractivity contribution in [1.29, 1.82) is 0 Å². The molecule has 2 aromatic rings. The fourth-order valence-corrected chi connectivity index (χ4v) is 2.18. The first-order valence-electron chi connectivity index (χ1n) is 8.09. The van der Waals surface area contributed by atoms with Gasteiger partial charge in [-0.1, -0.05) is 36.4 Å². The summed E-state index contributed by atoms with van der Waals surface area (Å²) >= 11 is 0. The number of carbonyl (C=O) groups is 3. The first-order chi connectivity index (χ1) is 12.5. The molecule has 0 unspecified atom stereocenters. The van der Waals surface area contributed by atoms with Gasteiger partial charge in [-0.05, 0) is 30.7 Å². The lowest BCUT2D eigenvalue weighted by molar-refractivity contribution is -0.156. The third-order valence-electron chi connectivity index (χ3n) is 3.43. The predicted molar refractivity (Wildman–Crippen MR) is 95.4 cm³/mol. The van der Waals surface area contributed by atoms with Gasteiger partial charge in [0.1, 0.15) is 0 Å². The van der Waals surface area contributed by atoms with Crippen LogP contribution in [0, 0.1) is 0 Å². The standard InChI is InChI=1S/C19H20N2O5/c1-2-20-18(24)14-9-6-10-15(11-14)21-16(22)12-26-19(25)17(23)13-7-4-3-5-8-13/h3-11,17,23H,2,12H2,1H3,(H,20,24)(H,21,22)/t17-/m1/s1. The Morgan fingerprint density at radius 3 is 2.50 bits per heavy atom. The van der Waals surface area contributed by atoms with E-state index < -0.39 is 24.6 Å². The van der Waals surface area contributed by atoms with Gasteiger partial charge in [-0.2, -0.15) is 0 Å². The molecule has 0 saturated carbocycles. The van der Waals surface area contributed by atoms with Crippen LogP contribution in [0.2, 0.25) is 0 Å². The molecule has 0 aliphatic heterocycles. The Balaban J connectivity index is 1.88. The van der Waals surface area contributed by atoms with Gasteiger partial charge in [-0.3, -0.25) is 9.59 Å². The number of hydrogen-bond donors (Lipinski definition) is 3. The highest BCUT2D eigenvalue weighted by atomic mass is 16.5. The molecule has 7 heteroatoms. The Morgan fingerprint density at radius 1 is 1.08 bits per heavy atom. The summed E-state index contributed by atoms with van der Waals surface area (Å²) in [7, 11) is 0. The molecule has 3 N–H and O–H groups in total. The molecule has 0 aromatic heterocycles. The molecule has 7 nitrogen and oxygen atoms in total. The van der Waals surface area contributed by atoms with Crippen LogP contribution in [-0.2, 0) is 14.3 Å². The van der Waals surface area contributed by atoms with Gasteiger partial charge in [0, 0.05) is 17.8 Å². The number of aliphatic hydroxyl groups is 1. The number of esters is 1. The minimum Gasteiger partial charge on any atom is -0.453 e. The summed E-state index contributed by atoms with van der Waals surface area (Å²) in [4.78, 5) is 35.5. The van der Waals surface area contributed by atoms with Crippen molar-refractivity contribution in [3.8, 4) is 0 Å². The van der Waals surface area contributed by atoms with Gasteiger partial charge in [0.05, 0.1) is 0 Å². The Kier molecular flexibility index (Phi) is 6.87. The average molecular weight is 356 g/mol. The number of benzene rings is 2. The van der Waals surface area contributed by atoms with Crippen molar-refractivity contribution in [2.24, 2.45) is 0 Å². The monoisotopic (exact) mass is 356 g/mol. The lowest BCUT2D eigenvalue weighted by atomic mass is 10.1. The van der Waals surface area contributed by atoms with E-state index in [-0.39, 0.29) is 5.91 Å². The van der Waals surface area contributed by atoms with Crippen molar-refractivity contribution in [3.05, 3.63) is 65.7 Å². The van der Waals surface area contributed by atoms with Crippen LogP contribution in [0.25, 0.3) is 0 Å². The van der Waals surface area contributed by atoms with Crippen LogP contribution in [0.4, 0.5) is 5.69 Å². The fourth-order valence-electron chi connectivity index (χ4n) is 2.18. The summed E-state index contributed by atoms with van der Waals surface area (Å²) in [5.74, 6) is -1.74. The Hall–Kier alpha value is -3.19. The third-order valence-corrected chi connectivity index (χ3v) is 3.43. The molecule has 2 rings (SSSR count). The van der Waals surface area contributed by atoms with E-state index in [0.29, 0.717) is 23.4 Å². The Bertz CT molecular complexity index is 777. The zero-order valence-corrected chi connectivity index (χ0v) is 14.3. The quantitative estimate of drug-likeness (QED) is 0.654. The van der Waals surface area contributed by atoms with Crippen molar-refractivity contribution in [2.45, 2.75) is 13.0 Å². The summed E-state index contributed by atoms with van der Waals surface area (Å²) in [6.07, 6.45) is -1.45. The molecule has 136 valence electrons. The molecular weight excluding hydrogens is 336 g/mol. The first kappa shape index (κ1) is 19.1. The van der Waals surface area contributed by atoms with Crippen molar-refractivity contribution in [1.82, 2.24) is 5.32 Å². The van der Waals surface area contributed by atoms with E-state index in [1.807, 2.05) is 6.92 Å². The smallest absolute Gasteiger partial charge is 0.340 e. The zero-order valence-electron chi connectivity index (χ0n) is 14.3. The van der Waals surface area contributed by atoms with Crippen LogP contribution >= 0.6 is 0 Å². The van der Waals surface area contributed by atoms with Gasteiger partial charge in [0.25, 0.3) is 11.8 Å². The summed E-state index contributed by atoms with van der Waals surface area (Å²) in [6.45, 7) is 1.75. The SMILES string of the molecule is CCNC(=O)c1cccc(NC(=O)COC(=O)[C@H](O)c2ccccc2)c1. The number of aliphatic hydroxyl groups excluding tert-OH is 1. The predicted octanol–water partition coefficient (Wildman–Crippen LogP) is 1.65. The lowest BCUT2D eigenvalue weighted by Crippen LogP contribution is -2.25. The molecule has 1 atom stereocenters. The van der Waals surface area contributed by atoms with Crippen molar-refractivity contribution >= 4 is 23.5 Å². The highest BCUT2D eigenvalue weighted by Crippen LogP contribution is 2.14. The van der Waals surface area contributed by atoms with Gasteiger partial charge in [0.2, 0.25) is 0 Å². The van der Waals surface area contributed by atoms with Gasteiger partial charge in [0.15, 0.2) is 12.7 Å². The van der Waals surface area contributed by atoms with Crippen LogP contribution in [0.1, 0.15) is 28.9 Å². The molecule has 0 radical (unpaired) electrons. The number of rotatable bonds is 7. The first-order valence-corrected chi connectivity index (χ1v) is 8.09. The maximum atomic E-state index is 11.9. The number of ether oxygens (including phenoxy) is 1.